The molecule has 3 aromatic carbocycles. The predicted octanol–water partition coefficient (Wildman–Crippen LogP) is -10.2. The van der Waals surface area contributed by atoms with Crippen LogP contribution in [0.4, 0.5) is 17.6 Å². The fourth-order valence-electron chi connectivity index (χ4n) is 10.1. The van der Waals surface area contributed by atoms with E-state index < -0.39 is 27.0 Å². The van der Waals surface area contributed by atoms with Crippen molar-refractivity contribution in [1.82, 2.24) is 19.4 Å². The SMILES string of the molecule is Bc1c(B)c(-c2ccc(C(F)(F)F)cc2)c(B)c(B)c1CN(C(=O)Cn1c(SC(B)(B)c2ccc(F)cc2)nc(=O)c2c1CCC2)C(B)(B)C(B)(B)N(C(B)(B)C)C(B)(B)C. The molecule has 5 rings (SSSR count). The van der Waals surface area contributed by atoms with E-state index in [1.165, 1.54) is 36.0 Å². The lowest BCUT2D eigenvalue weighted by Gasteiger charge is -2.64. The first kappa shape index (κ1) is 49.0. The average molecular weight is 832 g/mol. The van der Waals surface area contributed by atoms with E-state index in [-0.39, 0.29) is 41.0 Å². The molecule has 1 heterocycles. The van der Waals surface area contributed by atoms with Gasteiger partial charge in [0.2, 0.25) is 5.91 Å². The lowest BCUT2D eigenvalue weighted by Crippen LogP contribution is -2.81. The third-order valence-corrected chi connectivity index (χ3v) is 14.6. The molecule has 0 N–H and O–H groups in total. The molecule has 1 aliphatic rings. The number of nitrogens with zero attached hydrogens (tertiary/aromatic N) is 4. The zero-order valence-electron chi connectivity index (χ0n) is 39.2. The highest BCUT2D eigenvalue weighted by Gasteiger charge is 2.52. The predicted molar refractivity (Wildman–Crippen MR) is 284 cm³/mol. The number of hydrogen-bond donors (Lipinski definition) is 0. The number of alkyl halides is 3. The molecule has 0 saturated heterocycles. The smallest absolute Gasteiger partial charge is 0.347 e. The first-order chi connectivity index (χ1) is 27.8. The van der Waals surface area contributed by atoms with Gasteiger partial charge in [0.05, 0.1) is 5.56 Å². The normalized spacial score (nSPS) is 14.0. The van der Waals surface area contributed by atoms with E-state index in [9.17, 15) is 22.4 Å². The Balaban J connectivity index is 1.70. The van der Waals surface area contributed by atoms with Gasteiger partial charge in [0, 0.05) is 17.8 Å². The minimum absolute atomic E-state index is 0.0539. The Kier molecular flexibility index (Phi) is 13.8. The van der Waals surface area contributed by atoms with Crippen LogP contribution in [-0.4, -0.2) is 156 Å². The van der Waals surface area contributed by atoms with Crippen LogP contribution in [0.5, 0.6) is 0 Å². The maximum atomic E-state index is 15.7. The minimum Gasteiger partial charge on any atom is -0.347 e. The number of hydrogen-bond acceptors (Lipinski definition) is 5. The monoisotopic (exact) mass is 835 g/mol. The van der Waals surface area contributed by atoms with Gasteiger partial charge >= 0.3 is 6.18 Å². The molecular formula is C36H52B14F4N4O2S. The van der Waals surface area contributed by atoms with E-state index >= 15 is 4.79 Å². The van der Waals surface area contributed by atoms with Crippen LogP contribution in [-0.2, 0) is 41.4 Å². The molecule has 0 saturated carbocycles. The van der Waals surface area contributed by atoms with Gasteiger partial charge in [0.25, 0.3) is 5.56 Å². The van der Waals surface area contributed by atoms with E-state index in [0.29, 0.717) is 29.1 Å². The summed E-state index contributed by atoms with van der Waals surface area (Å²) in [5, 5.41) is -1.58. The molecule has 1 amide bonds. The lowest BCUT2D eigenvalue weighted by atomic mass is 9.33. The molecule has 6 nitrogen and oxygen atoms in total. The highest BCUT2D eigenvalue weighted by Crippen LogP contribution is 2.38. The molecule has 1 aromatic heterocycles. The number of thioether (sulfide) groups is 1. The minimum atomic E-state index is -4.44. The van der Waals surface area contributed by atoms with Gasteiger partial charge in [-0.2, -0.15) is 18.2 Å². The van der Waals surface area contributed by atoms with Crippen molar-refractivity contribution in [2.45, 2.75) is 83.4 Å². The van der Waals surface area contributed by atoms with Crippen molar-refractivity contribution in [3.63, 3.8) is 0 Å². The van der Waals surface area contributed by atoms with Crippen LogP contribution in [0.25, 0.3) is 11.1 Å². The molecule has 1 aliphatic carbocycles. The van der Waals surface area contributed by atoms with Gasteiger partial charge in [0.1, 0.15) is 122 Å². The van der Waals surface area contributed by atoms with Gasteiger partial charge in [-0.05, 0) is 91.7 Å². The number of halogens is 4. The lowest BCUT2D eigenvalue weighted by molar-refractivity contribution is -0.137. The maximum Gasteiger partial charge on any atom is 0.416 e. The van der Waals surface area contributed by atoms with Crippen molar-refractivity contribution in [2.75, 3.05) is 0 Å². The van der Waals surface area contributed by atoms with Crippen LogP contribution in [0.2, 0.25) is 0 Å². The second kappa shape index (κ2) is 17.2. The number of aromatic nitrogens is 2. The summed E-state index contributed by atoms with van der Waals surface area (Å²) in [7, 11) is 29.6. The fourth-order valence-corrected chi connectivity index (χ4v) is 11.2. The summed E-state index contributed by atoms with van der Waals surface area (Å²) in [6.07, 6.45) is -2.41. The van der Waals surface area contributed by atoms with E-state index in [1.54, 1.807) is 12.1 Å². The van der Waals surface area contributed by atoms with Crippen molar-refractivity contribution in [3.8, 4) is 11.1 Å². The van der Waals surface area contributed by atoms with Crippen LogP contribution >= 0.6 is 11.8 Å². The van der Waals surface area contributed by atoms with Crippen LogP contribution < -0.4 is 27.4 Å². The summed E-state index contributed by atoms with van der Waals surface area (Å²) in [5.74, 6) is -0.474. The molecule has 0 radical (unpaired) electrons. The van der Waals surface area contributed by atoms with E-state index in [1.807, 2.05) is 56.5 Å². The summed E-state index contributed by atoms with van der Waals surface area (Å²) in [4.78, 5) is 38.4. The average Bonchev–Trinajstić information content (AvgIpc) is 3.62. The Hall–Kier alpha value is -3.05. The summed E-state index contributed by atoms with van der Waals surface area (Å²) >= 11 is 1.39. The first-order valence-electron chi connectivity index (χ1n) is 21.3. The Morgan fingerprint density at radius 3 is 1.75 bits per heavy atom. The van der Waals surface area contributed by atoms with Gasteiger partial charge in [0.15, 0.2) is 5.16 Å². The Morgan fingerprint density at radius 1 is 0.754 bits per heavy atom. The zero-order valence-corrected chi connectivity index (χ0v) is 40.0. The second-order valence-corrected chi connectivity index (χ2v) is 22.0. The number of carbonyl (C=O) groups excluding carboxylic acids is 1. The van der Waals surface area contributed by atoms with Crippen molar-refractivity contribution in [1.29, 1.82) is 0 Å². The first-order valence-corrected chi connectivity index (χ1v) is 22.1. The Labute approximate surface area is 376 Å². The molecule has 0 aliphatic heterocycles. The molecule has 61 heavy (non-hydrogen) atoms. The number of rotatable bonds is 13. The Bertz CT molecular complexity index is 2350. The molecule has 0 spiro atoms. The summed E-state index contributed by atoms with van der Waals surface area (Å²) in [6.45, 7) is 4.61. The number of benzene rings is 3. The molecule has 0 unspecified atom stereocenters. The van der Waals surface area contributed by atoms with E-state index in [0.717, 1.165) is 62.8 Å². The van der Waals surface area contributed by atoms with Crippen LogP contribution in [0.15, 0.2) is 58.5 Å². The van der Waals surface area contributed by atoms with Crippen LogP contribution in [0.3, 0.4) is 0 Å². The fraction of sp³-hybridized carbons (Fsp3) is 0.361. The third-order valence-electron chi connectivity index (χ3n) is 13.4. The van der Waals surface area contributed by atoms with Gasteiger partial charge in [-0.15, -0.1) is 0 Å². The van der Waals surface area contributed by atoms with E-state index in [2.05, 4.69) is 86.5 Å². The van der Waals surface area contributed by atoms with Gasteiger partial charge < -0.3 is 14.4 Å². The molecule has 0 fully saturated rings. The van der Waals surface area contributed by atoms with Crippen molar-refractivity contribution in [3.05, 3.63) is 92.6 Å². The largest absolute Gasteiger partial charge is 0.416 e. The molecule has 4 aromatic rings. The second-order valence-electron chi connectivity index (χ2n) is 20.4. The molecule has 0 bridgehead atoms. The highest BCUT2D eigenvalue weighted by atomic mass is 32.2. The van der Waals surface area contributed by atoms with Gasteiger partial charge in [-0.25, -0.2) is 4.39 Å². The van der Waals surface area contributed by atoms with Crippen LogP contribution in [0.1, 0.15) is 48.2 Å². The molecule has 0 atom stereocenters. The quantitative estimate of drug-likeness (QED) is 0.0581. The summed E-state index contributed by atoms with van der Waals surface area (Å²) in [5.41, 5.74) is 7.75. The third kappa shape index (κ3) is 9.73. The van der Waals surface area contributed by atoms with Crippen molar-refractivity contribution < 1.29 is 22.4 Å². The topological polar surface area (TPSA) is 58.4 Å². The van der Waals surface area contributed by atoms with E-state index in [4.69, 9.17) is 0 Å². The number of fused-ring (bicyclic) bond motifs is 1. The molecular weight excluding hydrogens is 780 g/mol. The number of carbonyl (C=O) groups is 1. The van der Waals surface area contributed by atoms with Gasteiger partial charge in [-0.1, -0.05) is 71.7 Å². The molecule has 304 valence electrons. The summed E-state index contributed by atoms with van der Waals surface area (Å²) < 4.78 is 56.0. The Morgan fingerprint density at radius 2 is 1.26 bits per heavy atom. The van der Waals surface area contributed by atoms with Gasteiger partial charge in [-0.3, -0.25) is 9.59 Å². The van der Waals surface area contributed by atoms with Crippen LogP contribution in [0, 0.1) is 5.82 Å². The zero-order chi connectivity index (χ0) is 46.0. The maximum absolute atomic E-state index is 15.7. The summed E-state index contributed by atoms with van der Waals surface area (Å²) in [6, 6.07) is 11.7. The molecule has 25 heteroatoms. The number of amides is 1. The van der Waals surface area contributed by atoms with Crippen molar-refractivity contribution >= 4 is 149 Å². The highest BCUT2D eigenvalue weighted by molar-refractivity contribution is 8.02. The van der Waals surface area contributed by atoms with Crippen molar-refractivity contribution in [2.24, 2.45) is 0 Å². The standard InChI is InChI=1S/C36H52B14F4N4O2S/c1-31(41,42)58(32(2,43)44)36(49,50)35(47,48)57(14-21-25(37)27(39)24(28(40)26(21)38)16-6-8-18(9-7-16)34(52,53)54)23(59)15-56-22-5-3-4-20(22)29(60)55-30(56)61-33(45,46)17-10-12-19(51)13-11-17/h6-13H,3-5,14-15,37-50H2,1-2H3.